The van der Waals surface area contributed by atoms with Crippen LogP contribution in [0.15, 0.2) is 42.1 Å². The summed E-state index contributed by atoms with van der Waals surface area (Å²) in [6.45, 7) is 6.69. The first kappa shape index (κ1) is 20.5. The van der Waals surface area contributed by atoms with Crippen LogP contribution in [0.3, 0.4) is 0 Å². The van der Waals surface area contributed by atoms with Crippen molar-refractivity contribution in [2.75, 3.05) is 12.9 Å². The number of aromatic nitrogens is 3. The minimum atomic E-state index is 0.0590. The number of nitrogens with zero attached hydrogens (tertiary/aromatic N) is 3. The maximum Gasteiger partial charge on any atom is 0.230 e. The van der Waals surface area contributed by atoms with Gasteiger partial charge in [-0.15, -0.1) is 16.8 Å². The van der Waals surface area contributed by atoms with Gasteiger partial charge >= 0.3 is 0 Å². The molecule has 28 heavy (non-hydrogen) atoms. The Labute approximate surface area is 170 Å². The number of amides is 1. The van der Waals surface area contributed by atoms with Crippen molar-refractivity contribution < 1.29 is 9.53 Å². The van der Waals surface area contributed by atoms with Gasteiger partial charge in [0.15, 0.2) is 11.0 Å². The van der Waals surface area contributed by atoms with Crippen molar-refractivity contribution in [1.29, 1.82) is 0 Å². The number of nitrogens with one attached hydrogen (secondary N) is 1. The van der Waals surface area contributed by atoms with Crippen LogP contribution < -0.4 is 10.1 Å². The number of hydrogen-bond acceptors (Lipinski definition) is 5. The molecule has 0 spiro atoms. The number of hydrogen-bond donors (Lipinski definition) is 1. The van der Waals surface area contributed by atoms with Gasteiger partial charge in [-0.1, -0.05) is 24.8 Å². The molecule has 3 rings (SSSR count). The largest absolute Gasteiger partial charge is 0.497 e. The first-order chi connectivity index (χ1) is 13.6. The Balaban J connectivity index is 1.64. The van der Waals surface area contributed by atoms with Crippen molar-refractivity contribution in [2.45, 2.75) is 50.4 Å². The third-order valence-corrected chi connectivity index (χ3v) is 6.06. The van der Waals surface area contributed by atoms with Crippen molar-refractivity contribution >= 4 is 17.7 Å². The predicted molar refractivity (Wildman–Crippen MR) is 112 cm³/mol. The molecule has 1 saturated carbocycles. The Morgan fingerprint density at radius 1 is 1.29 bits per heavy atom. The molecule has 1 heterocycles. The second-order valence-corrected chi connectivity index (χ2v) is 8.19. The molecule has 1 aliphatic carbocycles. The second-order valence-electron chi connectivity index (χ2n) is 7.25. The van der Waals surface area contributed by atoms with E-state index in [9.17, 15) is 4.79 Å². The fourth-order valence-electron chi connectivity index (χ4n) is 3.45. The first-order valence-electron chi connectivity index (χ1n) is 9.71. The number of methoxy groups -OCH3 is 1. The number of rotatable bonds is 8. The Morgan fingerprint density at radius 3 is 2.64 bits per heavy atom. The summed E-state index contributed by atoms with van der Waals surface area (Å²) in [6, 6.07) is 8.01. The highest BCUT2D eigenvalue weighted by atomic mass is 32.2. The average Bonchev–Trinajstić information content (AvgIpc) is 3.11. The Kier molecular flexibility index (Phi) is 7.14. The lowest BCUT2D eigenvalue weighted by Gasteiger charge is -2.26. The summed E-state index contributed by atoms with van der Waals surface area (Å²) in [7, 11) is 1.64. The predicted octanol–water partition coefficient (Wildman–Crippen LogP) is 3.93. The number of ether oxygens (including phenoxy) is 1. The summed E-state index contributed by atoms with van der Waals surface area (Å²) in [5, 5.41) is 12.5. The number of allylic oxidation sites excluding steroid dienone is 1. The zero-order chi connectivity index (χ0) is 19.9. The molecule has 0 radical (unpaired) electrons. The van der Waals surface area contributed by atoms with E-state index >= 15 is 0 Å². The third kappa shape index (κ3) is 5.16. The van der Waals surface area contributed by atoms with E-state index in [1.54, 1.807) is 7.11 Å². The standard InChI is InChI=1S/C21H28N4O2S/c1-4-13-25-20(16-7-11-18(27-3)12-8-16)23-24-21(25)28-14-19(26)22-17-9-5-15(2)6-10-17/h4,7-8,11-12,15,17H,1,5-6,9-10,13-14H2,2-3H3,(H,22,26). The third-order valence-electron chi connectivity index (χ3n) is 5.09. The Bertz CT molecular complexity index is 795. The molecular formula is C21H28N4O2S. The van der Waals surface area contributed by atoms with Crippen LogP contribution in [-0.4, -0.2) is 39.6 Å². The fourth-order valence-corrected chi connectivity index (χ4v) is 4.21. The summed E-state index contributed by atoms with van der Waals surface area (Å²) < 4.78 is 7.19. The normalized spacial score (nSPS) is 19.2. The zero-order valence-electron chi connectivity index (χ0n) is 16.6. The van der Waals surface area contributed by atoms with E-state index in [4.69, 9.17) is 4.74 Å². The van der Waals surface area contributed by atoms with E-state index in [-0.39, 0.29) is 5.91 Å². The summed E-state index contributed by atoms with van der Waals surface area (Å²) in [5.41, 5.74) is 0.947. The lowest BCUT2D eigenvalue weighted by atomic mass is 9.87. The quantitative estimate of drug-likeness (QED) is 0.537. The molecule has 0 saturated heterocycles. The molecule has 150 valence electrons. The van der Waals surface area contributed by atoms with Crippen LogP contribution in [0, 0.1) is 5.92 Å². The molecule has 1 aliphatic rings. The van der Waals surface area contributed by atoms with Crippen molar-refractivity contribution in [3.8, 4) is 17.1 Å². The van der Waals surface area contributed by atoms with Crippen molar-refractivity contribution in [2.24, 2.45) is 5.92 Å². The summed E-state index contributed by atoms with van der Waals surface area (Å²) in [6.07, 6.45) is 6.34. The van der Waals surface area contributed by atoms with Gasteiger partial charge in [-0.2, -0.15) is 0 Å². The molecular weight excluding hydrogens is 372 g/mol. The number of thioether (sulfide) groups is 1. The topological polar surface area (TPSA) is 69.0 Å². The van der Waals surface area contributed by atoms with E-state index in [0.717, 1.165) is 41.1 Å². The van der Waals surface area contributed by atoms with Crippen molar-refractivity contribution in [1.82, 2.24) is 20.1 Å². The van der Waals surface area contributed by atoms with Gasteiger partial charge in [0.2, 0.25) is 5.91 Å². The SMILES string of the molecule is C=CCn1c(SCC(=O)NC2CCC(C)CC2)nnc1-c1ccc(OC)cc1. The van der Waals surface area contributed by atoms with E-state index in [2.05, 4.69) is 29.0 Å². The van der Waals surface area contributed by atoms with Crippen LogP contribution in [0.1, 0.15) is 32.6 Å². The molecule has 7 heteroatoms. The second kappa shape index (κ2) is 9.78. The Morgan fingerprint density at radius 2 is 2.00 bits per heavy atom. The maximum absolute atomic E-state index is 12.4. The molecule has 0 aliphatic heterocycles. The van der Waals surface area contributed by atoms with Crippen LogP contribution in [-0.2, 0) is 11.3 Å². The van der Waals surface area contributed by atoms with Crippen LogP contribution in [0.4, 0.5) is 0 Å². The van der Waals surface area contributed by atoms with Crippen molar-refractivity contribution in [3.05, 3.63) is 36.9 Å². The zero-order valence-corrected chi connectivity index (χ0v) is 17.4. The van der Waals surface area contributed by atoms with Gasteiger partial charge in [0.25, 0.3) is 0 Å². The number of benzene rings is 1. The molecule has 0 unspecified atom stereocenters. The molecule has 6 nitrogen and oxygen atoms in total. The molecule has 0 atom stereocenters. The van der Waals surface area contributed by atoms with Gasteiger partial charge < -0.3 is 10.1 Å². The number of carbonyl (C=O) groups is 1. The highest BCUT2D eigenvalue weighted by molar-refractivity contribution is 7.99. The van der Waals surface area contributed by atoms with Gasteiger partial charge in [-0.25, -0.2) is 0 Å². The van der Waals surface area contributed by atoms with E-state index < -0.39 is 0 Å². The lowest BCUT2D eigenvalue weighted by molar-refractivity contribution is -0.119. The van der Waals surface area contributed by atoms with Crippen LogP contribution in [0.25, 0.3) is 11.4 Å². The highest BCUT2D eigenvalue weighted by Crippen LogP contribution is 2.26. The molecule has 1 aromatic heterocycles. The molecule has 1 amide bonds. The fraction of sp³-hybridized carbons (Fsp3) is 0.476. The van der Waals surface area contributed by atoms with Crippen LogP contribution in [0.2, 0.25) is 0 Å². The van der Waals surface area contributed by atoms with Gasteiger partial charge in [-0.05, 0) is 55.9 Å². The minimum absolute atomic E-state index is 0.0590. The first-order valence-corrected chi connectivity index (χ1v) is 10.7. The lowest BCUT2D eigenvalue weighted by Crippen LogP contribution is -2.38. The smallest absolute Gasteiger partial charge is 0.230 e. The summed E-state index contributed by atoms with van der Waals surface area (Å²) in [4.78, 5) is 12.4. The van der Waals surface area contributed by atoms with E-state index in [1.165, 1.54) is 24.6 Å². The van der Waals surface area contributed by atoms with Gasteiger partial charge in [0, 0.05) is 18.2 Å². The van der Waals surface area contributed by atoms with E-state index in [0.29, 0.717) is 18.3 Å². The van der Waals surface area contributed by atoms with Gasteiger partial charge in [-0.3, -0.25) is 9.36 Å². The Hall–Kier alpha value is -2.28. The highest BCUT2D eigenvalue weighted by Gasteiger charge is 2.20. The van der Waals surface area contributed by atoms with Crippen molar-refractivity contribution in [3.63, 3.8) is 0 Å². The number of carbonyl (C=O) groups excluding carboxylic acids is 1. The molecule has 1 aromatic carbocycles. The maximum atomic E-state index is 12.4. The monoisotopic (exact) mass is 400 g/mol. The average molecular weight is 401 g/mol. The minimum Gasteiger partial charge on any atom is -0.497 e. The van der Waals surface area contributed by atoms with Crippen LogP contribution >= 0.6 is 11.8 Å². The molecule has 0 bridgehead atoms. The summed E-state index contributed by atoms with van der Waals surface area (Å²) in [5.74, 6) is 2.72. The summed E-state index contributed by atoms with van der Waals surface area (Å²) >= 11 is 1.41. The van der Waals surface area contributed by atoms with Crippen LogP contribution in [0.5, 0.6) is 5.75 Å². The molecule has 1 N–H and O–H groups in total. The van der Waals surface area contributed by atoms with Gasteiger partial charge in [0.1, 0.15) is 5.75 Å². The van der Waals surface area contributed by atoms with E-state index in [1.807, 2.05) is 34.9 Å². The van der Waals surface area contributed by atoms with Gasteiger partial charge in [0.05, 0.1) is 12.9 Å². The molecule has 2 aromatic rings. The molecule has 1 fully saturated rings.